The molecule has 1 unspecified atom stereocenters. The number of carboxylic acids is 1. The lowest BCUT2D eigenvalue weighted by atomic mass is 10.1. The van der Waals surface area contributed by atoms with E-state index in [1.165, 1.54) is 0 Å². The normalized spacial score (nSPS) is 12.3. The van der Waals surface area contributed by atoms with Gasteiger partial charge in [0, 0.05) is 0 Å². The van der Waals surface area contributed by atoms with Crippen LogP contribution in [0, 0.1) is 0 Å². The lowest BCUT2D eigenvalue weighted by Crippen LogP contribution is -2.11. The maximum absolute atomic E-state index is 11.1. The second kappa shape index (κ2) is 5.29. The second-order valence-corrected chi connectivity index (χ2v) is 4.91. The first-order valence-corrected chi connectivity index (χ1v) is 6.48. The molecule has 0 saturated carbocycles. The van der Waals surface area contributed by atoms with Gasteiger partial charge in [0.05, 0.1) is 11.7 Å². The fourth-order valence-corrected chi connectivity index (χ4v) is 2.74. The number of hydrogen-bond acceptors (Lipinski definition) is 4. The van der Waals surface area contributed by atoms with E-state index in [1.807, 2.05) is 37.3 Å². The van der Waals surface area contributed by atoms with Crippen molar-refractivity contribution in [3.05, 3.63) is 51.5 Å². The van der Waals surface area contributed by atoms with Gasteiger partial charge in [-0.3, -0.25) is 0 Å². The van der Waals surface area contributed by atoms with Crippen molar-refractivity contribution in [3.8, 4) is 0 Å². The Balaban J connectivity index is 2.37. The fraction of sp³-hybridized carbons (Fsp3) is 0.231. The molecule has 2 aromatic rings. The summed E-state index contributed by atoms with van der Waals surface area (Å²) in [6.45, 7) is 1.89. The number of carboxylic acid groups (broad SMARTS) is 1. The second-order valence-electron chi connectivity index (χ2n) is 3.87. The van der Waals surface area contributed by atoms with Gasteiger partial charge in [-0.25, -0.2) is 9.78 Å². The monoisotopic (exact) mass is 262 g/mol. The maximum Gasteiger partial charge on any atom is 0.347 e. The van der Waals surface area contributed by atoms with Gasteiger partial charge in [0.2, 0.25) is 0 Å². The molecule has 0 aliphatic heterocycles. The van der Waals surface area contributed by atoms with Gasteiger partial charge in [0.1, 0.15) is 9.88 Å². The third-order valence-electron chi connectivity index (χ3n) is 2.67. The van der Waals surface area contributed by atoms with Crippen LogP contribution in [0.25, 0.3) is 0 Å². The summed E-state index contributed by atoms with van der Waals surface area (Å²) in [5.74, 6) is -0.934. The van der Waals surface area contributed by atoms with Crippen molar-refractivity contribution < 1.29 is 9.90 Å². The number of thiazole rings is 1. The average Bonchev–Trinajstić information content (AvgIpc) is 2.83. The number of benzene rings is 1. The van der Waals surface area contributed by atoms with Crippen LogP contribution < -0.4 is 5.73 Å². The summed E-state index contributed by atoms with van der Waals surface area (Å²) in [7, 11) is 0. The number of hydrogen-bond donors (Lipinski definition) is 2. The zero-order chi connectivity index (χ0) is 13.1. The summed E-state index contributed by atoms with van der Waals surface area (Å²) < 4.78 is 0. The SMILES string of the molecule is CCc1nc(C(N)c2ccccc2)sc1C(=O)O. The molecular weight excluding hydrogens is 248 g/mol. The molecule has 18 heavy (non-hydrogen) atoms. The van der Waals surface area contributed by atoms with Crippen molar-refractivity contribution in [2.75, 3.05) is 0 Å². The molecule has 0 bridgehead atoms. The predicted molar refractivity (Wildman–Crippen MR) is 70.9 cm³/mol. The van der Waals surface area contributed by atoms with Gasteiger partial charge in [-0.2, -0.15) is 0 Å². The van der Waals surface area contributed by atoms with E-state index in [0.717, 1.165) is 16.9 Å². The van der Waals surface area contributed by atoms with Gasteiger partial charge in [-0.15, -0.1) is 11.3 Å². The van der Waals surface area contributed by atoms with E-state index in [1.54, 1.807) is 0 Å². The van der Waals surface area contributed by atoms with Crippen LogP contribution in [-0.4, -0.2) is 16.1 Å². The summed E-state index contributed by atoms with van der Waals surface area (Å²) in [6, 6.07) is 9.19. The van der Waals surface area contributed by atoms with E-state index in [4.69, 9.17) is 10.8 Å². The van der Waals surface area contributed by atoms with E-state index >= 15 is 0 Å². The Morgan fingerprint density at radius 3 is 2.61 bits per heavy atom. The topological polar surface area (TPSA) is 76.2 Å². The highest BCUT2D eigenvalue weighted by Crippen LogP contribution is 2.27. The molecule has 0 radical (unpaired) electrons. The van der Waals surface area contributed by atoms with E-state index in [0.29, 0.717) is 22.0 Å². The molecule has 0 amide bonds. The minimum Gasteiger partial charge on any atom is -0.477 e. The molecule has 2 rings (SSSR count). The highest BCUT2D eigenvalue weighted by molar-refractivity contribution is 7.13. The zero-order valence-electron chi connectivity index (χ0n) is 9.96. The number of rotatable bonds is 4. The summed E-state index contributed by atoms with van der Waals surface area (Å²) in [5.41, 5.74) is 7.65. The first-order chi connectivity index (χ1) is 8.63. The Morgan fingerprint density at radius 1 is 1.44 bits per heavy atom. The molecule has 1 aromatic carbocycles. The minimum absolute atomic E-state index is 0.291. The molecule has 0 aliphatic rings. The third kappa shape index (κ3) is 2.42. The van der Waals surface area contributed by atoms with Crippen LogP contribution in [-0.2, 0) is 6.42 Å². The van der Waals surface area contributed by atoms with Gasteiger partial charge < -0.3 is 10.8 Å². The average molecular weight is 262 g/mol. The smallest absolute Gasteiger partial charge is 0.347 e. The van der Waals surface area contributed by atoms with Gasteiger partial charge in [0.15, 0.2) is 0 Å². The van der Waals surface area contributed by atoms with Crippen LogP contribution in [0.3, 0.4) is 0 Å². The number of carbonyl (C=O) groups is 1. The first-order valence-electron chi connectivity index (χ1n) is 5.67. The Kier molecular flexibility index (Phi) is 3.74. The standard InChI is InChI=1S/C13H14N2O2S/c1-2-9-11(13(16)17)18-12(15-9)10(14)8-6-4-3-5-7-8/h3-7,10H,2,14H2,1H3,(H,16,17). The molecule has 1 atom stereocenters. The summed E-state index contributed by atoms with van der Waals surface area (Å²) in [6.07, 6.45) is 0.597. The highest BCUT2D eigenvalue weighted by atomic mass is 32.1. The molecular formula is C13H14N2O2S. The zero-order valence-corrected chi connectivity index (χ0v) is 10.8. The molecule has 0 saturated heterocycles. The van der Waals surface area contributed by atoms with Crippen molar-refractivity contribution in [2.24, 2.45) is 5.73 Å². The molecule has 94 valence electrons. The van der Waals surface area contributed by atoms with Gasteiger partial charge >= 0.3 is 5.97 Å². The number of nitrogens with zero attached hydrogens (tertiary/aromatic N) is 1. The van der Waals surface area contributed by atoms with Crippen LogP contribution >= 0.6 is 11.3 Å². The largest absolute Gasteiger partial charge is 0.477 e. The van der Waals surface area contributed by atoms with Gasteiger partial charge in [-0.1, -0.05) is 37.3 Å². The lowest BCUT2D eigenvalue weighted by molar-refractivity contribution is 0.0701. The molecule has 1 aromatic heterocycles. The quantitative estimate of drug-likeness (QED) is 0.887. The Morgan fingerprint density at radius 2 is 2.11 bits per heavy atom. The van der Waals surface area contributed by atoms with Crippen molar-refractivity contribution in [3.63, 3.8) is 0 Å². The highest BCUT2D eigenvalue weighted by Gasteiger charge is 2.20. The lowest BCUT2D eigenvalue weighted by Gasteiger charge is -2.07. The first kappa shape index (κ1) is 12.7. The van der Waals surface area contributed by atoms with Crippen molar-refractivity contribution in [1.29, 1.82) is 0 Å². The van der Waals surface area contributed by atoms with E-state index in [2.05, 4.69) is 4.98 Å². The Hall–Kier alpha value is -1.72. The third-order valence-corrected chi connectivity index (χ3v) is 3.84. The Labute approximate surface area is 109 Å². The summed E-state index contributed by atoms with van der Waals surface area (Å²) in [4.78, 5) is 15.7. The molecule has 1 heterocycles. The fourth-order valence-electron chi connectivity index (χ4n) is 1.71. The van der Waals surface area contributed by atoms with E-state index in [-0.39, 0.29) is 6.04 Å². The number of nitrogens with two attached hydrogens (primary N) is 1. The molecule has 0 fully saturated rings. The van der Waals surface area contributed by atoms with Gasteiger partial charge in [-0.05, 0) is 12.0 Å². The number of aromatic carboxylic acids is 1. The van der Waals surface area contributed by atoms with Crippen LogP contribution in [0.5, 0.6) is 0 Å². The molecule has 0 aliphatic carbocycles. The maximum atomic E-state index is 11.1. The van der Waals surface area contributed by atoms with E-state index < -0.39 is 5.97 Å². The van der Waals surface area contributed by atoms with Crippen LogP contribution in [0.15, 0.2) is 30.3 Å². The summed E-state index contributed by atoms with van der Waals surface area (Å²) >= 11 is 1.16. The molecule has 0 spiro atoms. The van der Waals surface area contributed by atoms with Crippen LogP contribution in [0.2, 0.25) is 0 Å². The Bertz CT molecular complexity index is 551. The van der Waals surface area contributed by atoms with Crippen molar-refractivity contribution in [2.45, 2.75) is 19.4 Å². The van der Waals surface area contributed by atoms with E-state index in [9.17, 15) is 4.79 Å². The van der Waals surface area contributed by atoms with Gasteiger partial charge in [0.25, 0.3) is 0 Å². The predicted octanol–water partition coefficient (Wildman–Crippen LogP) is 2.45. The molecule has 3 N–H and O–H groups in total. The van der Waals surface area contributed by atoms with Crippen molar-refractivity contribution >= 4 is 17.3 Å². The van der Waals surface area contributed by atoms with Crippen LogP contribution in [0.4, 0.5) is 0 Å². The van der Waals surface area contributed by atoms with Crippen LogP contribution in [0.1, 0.15) is 38.9 Å². The minimum atomic E-state index is -0.934. The van der Waals surface area contributed by atoms with Crippen molar-refractivity contribution in [1.82, 2.24) is 4.98 Å². The number of aryl methyl sites for hydroxylation is 1. The summed E-state index contributed by atoms with van der Waals surface area (Å²) in [5, 5.41) is 9.74. The molecule has 4 nitrogen and oxygen atoms in total. The number of aromatic nitrogens is 1. The molecule has 5 heteroatoms.